The van der Waals surface area contributed by atoms with Crippen LogP contribution in [-0.4, -0.2) is 0 Å². The molecule has 0 heteroatoms. The van der Waals surface area contributed by atoms with Crippen molar-refractivity contribution in [1.29, 1.82) is 0 Å². The molecule has 0 nitrogen and oxygen atoms in total. The normalized spacial score (nSPS) is 37.6. The largest absolute Gasteiger partial charge is 0.0772 e. The lowest BCUT2D eigenvalue weighted by molar-refractivity contribution is 0.00541. The zero-order valence-corrected chi connectivity index (χ0v) is 9.43. The minimum Gasteiger partial charge on any atom is -0.0772 e. The Balaban J connectivity index is 2.06. The highest BCUT2D eigenvalue weighted by Gasteiger charge is 2.46. The summed E-state index contributed by atoms with van der Waals surface area (Å²) in [6, 6.07) is 0. The van der Waals surface area contributed by atoms with E-state index in [2.05, 4.69) is 27.7 Å². The minimum absolute atomic E-state index is 0.919. The van der Waals surface area contributed by atoms with Crippen molar-refractivity contribution in [1.82, 2.24) is 0 Å². The van der Waals surface area contributed by atoms with Gasteiger partial charge < -0.3 is 0 Å². The van der Waals surface area contributed by atoms with Gasteiger partial charge in [-0.05, 0) is 56.8 Å². The molecule has 3 aliphatic carbocycles. The fraction of sp³-hybridized carbons (Fsp3) is 0.846. The fourth-order valence-electron chi connectivity index (χ4n) is 3.54. The standard InChI is InChI=1S/C13H22/c1-8(2)10-5-11-7-12(6-10)13(11)9(3)4/h9,11-13H,5-7H2,1-4H3. The number of hydrogen-bond donors (Lipinski definition) is 0. The molecule has 2 unspecified atom stereocenters. The molecule has 3 aliphatic rings. The smallest absolute Gasteiger partial charge is 0.0286 e. The van der Waals surface area contributed by atoms with Gasteiger partial charge >= 0.3 is 0 Å². The van der Waals surface area contributed by atoms with Crippen LogP contribution in [0.1, 0.15) is 47.0 Å². The Hall–Kier alpha value is -0.260. The molecule has 0 saturated heterocycles. The average Bonchev–Trinajstić information content (AvgIpc) is 2.03. The van der Waals surface area contributed by atoms with Crippen molar-refractivity contribution in [3.8, 4) is 0 Å². The Bertz CT molecular complexity index is 216. The van der Waals surface area contributed by atoms with Crippen LogP contribution in [-0.2, 0) is 0 Å². The van der Waals surface area contributed by atoms with Crippen molar-refractivity contribution in [2.75, 3.05) is 0 Å². The first-order chi connectivity index (χ1) is 6.09. The molecule has 0 spiro atoms. The van der Waals surface area contributed by atoms with Gasteiger partial charge in [0.1, 0.15) is 0 Å². The first-order valence-electron chi connectivity index (χ1n) is 5.74. The predicted molar refractivity (Wildman–Crippen MR) is 57.5 cm³/mol. The maximum absolute atomic E-state index is 2.40. The summed E-state index contributed by atoms with van der Waals surface area (Å²) in [5.41, 5.74) is 3.37. The van der Waals surface area contributed by atoms with E-state index < -0.39 is 0 Å². The molecule has 74 valence electrons. The van der Waals surface area contributed by atoms with Crippen LogP contribution in [0.15, 0.2) is 11.1 Å². The summed E-state index contributed by atoms with van der Waals surface area (Å²) in [4.78, 5) is 0. The van der Waals surface area contributed by atoms with Crippen molar-refractivity contribution in [2.24, 2.45) is 23.7 Å². The van der Waals surface area contributed by atoms with Crippen molar-refractivity contribution < 1.29 is 0 Å². The third-order valence-corrected chi connectivity index (χ3v) is 4.19. The zero-order chi connectivity index (χ0) is 9.59. The highest BCUT2D eigenvalue weighted by atomic mass is 14.5. The predicted octanol–water partition coefficient (Wildman–Crippen LogP) is 4.02. The Morgan fingerprint density at radius 1 is 1.15 bits per heavy atom. The second kappa shape index (κ2) is 3.15. The fourth-order valence-corrected chi connectivity index (χ4v) is 3.54. The van der Waals surface area contributed by atoms with Gasteiger partial charge in [0, 0.05) is 0 Å². The van der Waals surface area contributed by atoms with E-state index in [0.717, 1.165) is 23.7 Å². The lowest BCUT2D eigenvalue weighted by Crippen LogP contribution is -2.44. The van der Waals surface area contributed by atoms with E-state index in [1.807, 2.05) is 0 Å². The lowest BCUT2D eigenvalue weighted by Gasteiger charge is -2.53. The van der Waals surface area contributed by atoms with Crippen molar-refractivity contribution in [3.05, 3.63) is 11.1 Å². The molecule has 0 aliphatic heterocycles. The lowest BCUT2D eigenvalue weighted by atomic mass is 9.52. The van der Waals surface area contributed by atoms with E-state index >= 15 is 0 Å². The highest BCUT2D eigenvalue weighted by Crippen LogP contribution is 2.55. The van der Waals surface area contributed by atoms with Crippen LogP contribution in [0, 0.1) is 23.7 Å². The van der Waals surface area contributed by atoms with Gasteiger partial charge in [0.15, 0.2) is 0 Å². The van der Waals surface area contributed by atoms with E-state index in [9.17, 15) is 0 Å². The molecular formula is C13H22. The first-order valence-corrected chi connectivity index (χ1v) is 5.74. The molecule has 0 N–H and O–H groups in total. The van der Waals surface area contributed by atoms with E-state index in [1.54, 1.807) is 11.1 Å². The summed E-state index contributed by atoms with van der Waals surface area (Å²) in [7, 11) is 0. The van der Waals surface area contributed by atoms with E-state index in [-0.39, 0.29) is 0 Å². The molecular weight excluding hydrogens is 156 g/mol. The van der Waals surface area contributed by atoms with Crippen molar-refractivity contribution in [2.45, 2.75) is 47.0 Å². The second-order valence-corrected chi connectivity index (χ2v) is 5.59. The van der Waals surface area contributed by atoms with Gasteiger partial charge in [-0.2, -0.15) is 0 Å². The van der Waals surface area contributed by atoms with Crippen LogP contribution >= 0.6 is 0 Å². The second-order valence-electron chi connectivity index (χ2n) is 5.59. The molecule has 2 bridgehead atoms. The minimum atomic E-state index is 0.919. The zero-order valence-electron chi connectivity index (χ0n) is 9.43. The van der Waals surface area contributed by atoms with Gasteiger partial charge in [0.2, 0.25) is 0 Å². The molecule has 0 radical (unpaired) electrons. The average molecular weight is 178 g/mol. The Morgan fingerprint density at radius 3 is 2.08 bits per heavy atom. The summed E-state index contributed by atoms with van der Waals surface area (Å²) in [5.74, 6) is 4.07. The van der Waals surface area contributed by atoms with Crippen LogP contribution in [0.25, 0.3) is 0 Å². The summed E-state index contributed by atoms with van der Waals surface area (Å²) in [6.45, 7) is 9.36. The summed E-state index contributed by atoms with van der Waals surface area (Å²) >= 11 is 0. The van der Waals surface area contributed by atoms with E-state index in [0.29, 0.717) is 0 Å². The van der Waals surface area contributed by atoms with Gasteiger partial charge in [-0.1, -0.05) is 25.0 Å². The molecule has 2 atom stereocenters. The third kappa shape index (κ3) is 1.45. The summed E-state index contributed by atoms with van der Waals surface area (Å²) in [6.07, 6.45) is 4.36. The third-order valence-electron chi connectivity index (χ3n) is 4.19. The number of fused-ring (bicyclic) bond motifs is 2. The SMILES string of the molecule is CC(C)=C1CC2CC(C1)C2C(C)C. The molecule has 3 saturated carbocycles. The quantitative estimate of drug-likeness (QED) is 0.532. The number of rotatable bonds is 1. The molecule has 0 aromatic heterocycles. The topological polar surface area (TPSA) is 0 Å². The van der Waals surface area contributed by atoms with Crippen LogP contribution in [0.3, 0.4) is 0 Å². The van der Waals surface area contributed by atoms with Gasteiger partial charge in [0.25, 0.3) is 0 Å². The summed E-state index contributed by atoms with van der Waals surface area (Å²) < 4.78 is 0. The first kappa shape index (κ1) is 9.30. The van der Waals surface area contributed by atoms with Crippen LogP contribution in [0.4, 0.5) is 0 Å². The van der Waals surface area contributed by atoms with Gasteiger partial charge in [0.05, 0.1) is 0 Å². The Labute approximate surface area is 82.4 Å². The van der Waals surface area contributed by atoms with Crippen LogP contribution < -0.4 is 0 Å². The molecule has 0 aromatic carbocycles. The molecule has 0 amide bonds. The Kier molecular flexibility index (Phi) is 2.25. The Morgan fingerprint density at radius 2 is 1.69 bits per heavy atom. The number of allylic oxidation sites excluding steroid dienone is 2. The maximum Gasteiger partial charge on any atom is -0.0286 e. The van der Waals surface area contributed by atoms with Gasteiger partial charge in [-0.15, -0.1) is 0 Å². The van der Waals surface area contributed by atoms with E-state index in [4.69, 9.17) is 0 Å². The van der Waals surface area contributed by atoms with Gasteiger partial charge in [-0.3, -0.25) is 0 Å². The maximum atomic E-state index is 2.40. The highest BCUT2D eigenvalue weighted by molar-refractivity contribution is 5.19. The molecule has 3 rings (SSSR count). The van der Waals surface area contributed by atoms with Gasteiger partial charge in [-0.25, -0.2) is 0 Å². The summed E-state index contributed by atoms with van der Waals surface area (Å²) in [5, 5.41) is 0. The molecule has 3 fully saturated rings. The molecule has 0 aromatic rings. The molecule has 13 heavy (non-hydrogen) atoms. The number of hydrogen-bond acceptors (Lipinski definition) is 0. The van der Waals surface area contributed by atoms with Crippen molar-refractivity contribution in [3.63, 3.8) is 0 Å². The van der Waals surface area contributed by atoms with Crippen LogP contribution in [0.2, 0.25) is 0 Å². The molecule has 0 heterocycles. The monoisotopic (exact) mass is 178 g/mol. The van der Waals surface area contributed by atoms with E-state index in [1.165, 1.54) is 19.3 Å². The van der Waals surface area contributed by atoms with Crippen LogP contribution in [0.5, 0.6) is 0 Å². The van der Waals surface area contributed by atoms with Crippen molar-refractivity contribution >= 4 is 0 Å².